The minimum atomic E-state index is 0.577. The van der Waals surface area contributed by atoms with Crippen LogP contribution < -0.4 is 0 Å². The predicted molar refractivity (Wildman–Crippen MR) is 233 cm³/mol. The molecule has 11 aromatic rings. The van der Waals surface area contributed by atoms with Gasteiger partial charge in [-0.3, -0.25) is 0 Å². The number of furan rings is 1. The highest BCUT2D eigenvalue weighted by molar-refractivity contribution is 7.26. The molecule has 8 aromatic carbocycles. The third kappa shape index (κ3) is 5.48. The second-order valence-electron chi connectivity index (χ2n) is 13.9. The smallest absolute Gasteiger partial charge is 0.164 e. The first-order chi connectivity index (χ1) is 27.7. The minimum absolute atomic E-state index is 0.577. The van der Waals surface area contributed by atoms with Crippen LogP contribution in [0.5, 0.6) is 0 Å². The van der Waals surface area contributed by atoms with Crippen molar-refractivity contribution in [2.75, 3.05) is 0 Å². The predicted octanol–water partition coefficient (Wildman–Crippen LogP) is 14.1. The molecule has 0 N–H and O–H groups in total. The standard InChI is InChI=1S/C51H31N3OS/c1-4-14-32(15-5-1)33-24-26-36(27-25-33)50-52-49(35-18-8-3-9-19-35)53-51(54-50)37-30-41(46-39-20-10-12-22-42(39)55-43(46)31-37)47-38(34-16-6-2-7-17-34)28-29-45-48(47)40-21-11-13-23-44(40)56-45/h1-31H. The fourth-order valence-corrected chi connectivity index (χ4v) is 9.04. The average molecular weight is 734 g/mol. The highest BCUT2D eigenvalue weighted by Crippen LogP contribution is 2.49. The number of para-hydroxylation sites is 1. The summed E-state index contributed by atoms with van der Waals surface area (Å²) in [6.07, 6.45) is 0. The molecule has 0 atom stereocenters. The zero-order valence-electron chi connectivity index (χ0n) is 30.1. The number of aromatic nitrogens is 3. The van der Waals surface area contributed by atoms with Crippen LogP contribution in [0.4, 0.5) is 0 Å². The van der Waals surface area contributed by atoms with E-state index in [0.717, 1.165) is 66.4 Å². The number of rotatable bonds is 6. The Kier molecular flexibility index (Phi) is 7.64. The minimum Gasteiger partial charge on any atom is -0.456 e. The Morgan fingerprint density at radius 2 is 0.875 bits per heavy atom. The number of benzene rings is 8. The third-order valence-corrected chi connectivity index (χ3v) is 11.7. The molecule has 3 aromatic heterocycles. The number of fused-ring (bicyclic) bond motifs is 6. The summed E-state index contributed by atoms with van der Waals surface area (Å²) >= 11 is 1.83. The van der Waals surface area contributed by atoms with E-state index >= 15 is 0 Å². The SMILES string of the molecule is c1ccc(-c2ccc(-c3nc(-c4ccccc4)nc(-c4cc(-c5c(-c6ccccc6)ccc6sc7ccccc7c56)c5c(c4)oc4ccccc45)n3)cc2)cc1. The number of nitrogens with zero attached hydrogens (tertiary/aromatic N) is 3. The van der Waals surface area contributed by atoms with E-state index in [4.69, 9.17) is 19.4 Å². The molecular weight excluding hydrogens is 703 g/mol. The monoisotopic (exact) mass is 733 g/mol. The lowest BCUT2D eigenvalue weighted by atomic mass is 9.87. The molecular formula is C51H31N3OS. The molecule has 0 saturated carbocycles. The van der Waals surface area contributed by atoms with Crippen molar-refractivity contribution in [3.05, 3.63) is 188 Å². The van der Waals surface area contributed by atoms with E-state index in [1.54, 1.807) is 0 Å². The Morgan fingerprint density at radius 1 is 0.339 bits per heavy atom. The Labute approximate surface area is 327 Å². The summed E-state index contributed by atoms with van der Waals surface area (Å²) in [5.74, 6) is 1.80. The van der Waals surface area contributed by atoms with E-state index in [-0.39, 0.29) is 0 Å². The van der Waals surface area contributed by atoms with Gasteiger partial charge >= 0.3 is 0 Å². The second kappa shape index (κ2) is 13.3. The van der Waals surface area contributed by atoms with Crippen molar-refractivity contribution in [2.24, 2.45) is 0 Å². The molecule has 0 fully saturated rings. The number of hydrogen-bond acceptors (Lipinski definition) is 5. The summed E-state index contributed by atoms with van der Waals surface area (Å²) in [5.41, 5.74) is 11.2. The van der Waals surface area contributed by atoms with Crippen molar-refractivity contribution in [3.63, 3.8) is 0 Å². The maximum Gasteiger partial charge on any atom is 0.164 e. The second-order valence-corrected chi connectivity index (χ2v) is 15.0. The topological polar surface area (TPSA) is 51.8 Å². The molecule has 0 aliphatic heterocycles. The van der Waals surface area contributed by atoms with Crippen molar-refractivity contribution in [1.29, 1.82) is 0 Å². The quantitative estimate of drug-likeness (QED) is 0.171. The van der Waals surface area contributed by atoms with E-state index in [0.29, 0.717) is 17.5 Å². The molecule has 0 saturated heterocycles. The third-order valence-electron chi connectivity index (χ3n) is 10.6. The number of hydrogen-bond donors (Lipinski definition) is 0. The molecule has 0 aliphatic carbocycles. The lowest BCUT2D eigenvalue weighted by molar-refractivity contribution is 0.669. The summed E-state index contributed by atoms with van der Waals surface area (Å²) in [6, 6.07) is 65.6. The number of thiophene rings is 1. The van der Waals surface area contributed by atoms with Crippen molar-refractivity contribution < 1.29 is 4.42 Å². The van der Waals surface area contributed by atoms with Crippen molar-refractivity contribution in [1.82, 2.24) is 15.0 Å². The van der Waals surface area contributed by atoms with Crippen LogP contribution in [-0.4, -0.2) is 15.0 Å². The van der Waals surface area contributed by atoms with E-state index < -0.39 is 0 Å². The molecule has 56 heavy (non-hydrogen) atoms. The largest absolute Gasteiger partial charge is 0.456 e. The molecule has 5 heteroatoms. The first-order valence-electron chi connectivity index (χ1n) is 18.7. The van der Waals surface area contributed by atoms with Gasteiger partial charge < -0.3 is 4.42 Å². The Hall–Kier alpha value is -7.21. The molecule has 4 nitrogen and oxygen atoms in total. The maximum atomic E-state index is 6.72. The fraction of sp³-hybridized carbons (Fsp3) is 0. The van der Waals surface area contributed by atoms with Gasteiger partial charge in [0, 0.05) is 47.6 Å². The van der Waals surface area contributed by atoms with Gasteiger partial charge in [0.15, 0.2) is 17.5 Å². The van der Waals surface area contributed by atoms with E-state index in [2.05, 4.69) is 140 Å². The lowest BCUT2D eigenvalue weighted by Crippen LogP contribution is -2.00. The van der Waals surface area contributed by atoms with Crippen LogP contribution in [-0.2, 0) is 0 Å². The molecule has 0 spiro atoms. The maximum absolute atomic E-state index is 6.72. The van der Waals surface area contributed by atoms with Crippen molar-refractivity contribution in [2.45, 2.75) is 0 Å². The van der Waals surface area contributed by atoms with Crippen LogP contribution in [0.2, 0.25) is 0 Å². The summed E-state index contributed by atoms with van der Waals surface area (Å²) < 4.78 is 9.21. The molecule has 0 bridgehead atoms. The van der Waals surface area contributed by atoms with Gasteiger partial charge in [-0.1, -0.05) is 158 Å². The highest BCUT2D eigenvalue weighted by atomic mass is 32.1. The van der Waals surface area contributed by atoms with E-state index in [1.165, 1.54) is 25.7 Å². The Morgan fingerprint density at radius 3 is 1.59 bits per heavy atom. The molecule has 0 aliphatic rings. The molecule has 0 amide bonds. The Bertz CT molecular complexity index is 3230. The molecule has 3 heterocycles. The van der Waals surface area contributed by atoms with E-state index in [9.17, 15) is 0 Å². The van der Waals surface area contributed by atoms with Gasteiger partial charge in [-0.2, -0.15) is 0 Å². The van der Waals surface area contributed by atoms with Gasteiger partial charge in [-0.05, 0) is 63.7 Å². The summed E-state index contributed by atoms with van der Waals surface area (Å²) in [6.45, 7) is 0. The van der Waals surface area contributed by atoms with Gasteiger partial charge in [0.2, 0.25) is 0 Å². The van der Waals surface area contributed by atoms with Crippen LogP contribution in [0.15, 0.2) is 192 Å². The van der Waals surface area contributed by atoms with E-state index in [1.807, 2.05) is 59.9 Å². The molecule has 0 unspecified atom stereocenters. The highest BCUT2D eigenvalue weighted by Gasteiger charge is 2.23. The van der Waals surface area contributed by atoms with Crippen LogP contribution in [0.1, 0.15) is 0 Å². The van der Waals surface area contributed by atoms with Gasteiger partial charge in [-0.15, -0.1) is 11.3 Å². The zero-order valence-corrected chi connectivity index (χ0v) is 30.9. The summed E-state index contributed by atoms with van der Waals surface area (Å²) in [4.78, 5) is 15.5. The Balaban J connectivity index is 1.20. The fourth-order valence-electron chi connectivity index (χ4n) is 7.93. The summed E-state index contributed by atoms with van der Waals surface area (Å²) in [7, 11) is 0. The van der Waals surface area contributed by atoms with Crippen LogP contribution >= 0.6 is 11.3 Å². The first-order valence-corrected chi connectivity index (χ1v) is 19.5. The van der Waals surface area contributed by atoms with Crippen LogP contribution in [0.25, 0.3) is 110 Å². The van der Waals surface area contributed by atoms with Gasteiger partial charge in [0.1, 0.15) is 11.2 Å². The van der Waals surface area contributed by atoms with Crippen molar-refractivity contribution in [3.8, 4) is 67.5 Å². The molecule has 0 radical (unpaired) electrons. The molecule has 262 valence electrons. The normalized spacial score (nSPS) is 11.6. The van der Waals surface area contributed by atoms with Crippen LogP contribution in [0, 0.1) is 0 Å². The lowest BCUT2D eigenvalue weighted by Gasteiger charge is -2.16. The van der Waals surface area contributed by atoms with Gasteiger partial charge in [0.25, 0.3) is 0 Å². The average Bonchev–Trinajstić information content (AvgIpc) is 3.85. The van der Waals surface area contributed by atoms with Crippen molar-refractivity contribution >= 4 is 53.4 Å². The summed E-state index contributed by atoms with van der Waals surface area (Å²) in [5, 5.41) is 4.60. The zero-order chi connectivity index (χ0) is 37.0. The van der Waals surface area contributed by atoms with Gasteiger partial charge in [-0.25, -0.2) is 15.0 Å². The van der Waals surface area contributed by atoms with Gasteiger partial charge in [0.05, 0.1) is 0 Å². The van der Waals surface area contributed by atoms with Crippen LogP contribution in [0.3, 0.4) is 0 Å². The molecule has 11 rings (SSSR count). The first kappa shape index (κ1) is 32.2.